The van der Waals surface area contributed by atoms with Gasteiger partial charge in [0.1, 0.15) is 0 Å². The maximum Gasteiger partial charge on any atom is 0.238 e. The molecule has 0 heterocycles. The quantitative estimate of drug-likeness (QED) is 0.878. The van der Waals surface area contributed by atoms with Crippen molar-refractivity contribution in [1.29, 1.82) is 5.26 Å². The number of likely N-dealkylation sites (N-methyl/N-ethyl adjacent to an activating group) is 1. The van der Waals surface area contributed by atoms with Crippen molar-refractivity contribution in [3.63, 3.8) is 0 Å². The van der Waals surface area contributed by atoms with Crippen LogP contribution in [0.25, 0.3) is 0 Å². The Kier molecular flexibility index (Phi) is 4.87. The fraction of sp³-hybridized carbons (Fsp3) is 0.429. The molecule has 1 amide bonds. The predicted octanol–water partition coefficient (Wildman–Crippen LogP) is 1.69. The average molecular weight is 245 g/mol. The van der Waals surface area contributed by atoms with Crippen molar-refractivity contribution >= 4 is 5.91 Å². The lowest BCUT2D eigenvalue weighted by atomic mass is 10.1. The number of carbonyl (C=O) groups is 1. The van der Waals surface area contributed by atoms with Gasteiger partial charge in [0.2, 0.25) is 5.91 Å². The molecule has 0 spiro atoms. The Bertz CT molecular complexity index is 445. The Morgan fingerprint density at radius 2 is 1.83 bits per heavy atom. The van der Waals surface area contributed by atoms with Crippen molar-refractivity contribution in [3.8, 4) is 6.07 Å². The van der Waals surface area contributed by atoms with Gasteiger partial charge in [-0.25, -0.2) is 0 Å². The van der Waals surface area contributed by atoms with E-state index < -0.39 is 0 Å². The van der Waals surface area contributed by atoms with E-state index in [-0.39, 0.29) is 18.0 Å². The van der Waals surface area contributed by atoms with E-state index in [2.05, 4.69) is 11.4 Å². The van der Waals surface area contributed by atoms with Crippen LogP contribution in [-0.2, 0) is 4.79 Å². The average Bonchev–Trinajstić information content (AvgIpc) is 2.37. The summed E-state index contributed by atoms with van der Waals surface area (Å²) in [5, 5.41) is 12.0. The van der Waals surface area contributed by atoms with E-state index in [1.165, 1.54) is 0 Å². The molecular weight excluding hydrogens is 226 g/mol. The van der Waals surface area contributed by atoms with E-state index >= 15 is 0 Å². The summed E-state index contributed by atoms with van der Waals surface area (Å²) in [4.78, 5) is 13.3. The topological polar surface area (TPSA) is 56.1 Å². The Labute approximate surface area is 108 Å². The molecule has 0 radical (unpaired) electrons. The lowest BCUT2D eigenvalue weighted by Crippen LogP contribution is -2.42. The summed E-state index contributed by atoms with van der Waals surface area (Å²) in [6.07, 6.45) is 0. The highest BCUT2D eigenvalue weighted by molar-refractivity contribution is 5.80. The Balaban J connectivity index is 2.67. The van der Waals surface area contributed by atoms with Gasteiger partial charge in [0, 0.05) is 20.1 Å². The largest absolute Gasteiger partial charge is 0.347 e. The van der Waals surface area contributed by atoms with Gasteiger partial charge in [0.25, 0.3) is 0 Å². The number of amides is 1. The highest BCUT2D eigenvalue weighted by Crippen LogP contribution is 2.14. The fourth-order valence-electron chi connectivity index (χ4n) is 1.78. The summed E-state index contributed by atoms with van der Waals surface area (Å²) in [6.45, 7) is 3.85. The van der Waals surface area contributed by atoms with Gasteiger partial charge >= 0.3 is 0 Å². The molecule has 4 heteroatoms. The highest BCUT2D eigenvalue weighted by atomic mass is 16.2. The zero-order valence-electron chi connectivity index (χ0n) is 11.3. The van der Waals surface area contributed by atoms with Gasteiger partial charge in [-0.05, 0) is 31.5 Å². The molecule has 2 atom stereocenters. The summed E-state index contributed by atoms with van der Waals surface area (Å²) in [5.74, 6) is 0.0514. The molecule has 18 heavy (non-hydrogen) atoms. The zero-order valence-corrected chi connectivity index (χ0v) is 11.3. The van der Waals surface area contributed by atoms with Crippen LogP contribution in [0.1, 0.15) is 31.0 Å². The zero-order chi connectivity index (χ0) is 13.7. The summed E-state index contributed by atoms with van der Waals surface area (Å²) >= 11 is 0. The number of nitriles is 1. The number of hydrogen-bond donors (Lipinski definition) is 1. The van der Waals surface area contributed by atoms with Crippen LogP contribution in [0.4, 0.5) is 0 Å². The molecule has 1 N–H and O–H groups in total. The molecule has 0 saturated heterocycles. The number of nitrogens with one attached hydrogen (secondary N) is 1. The van der Waals surface area contributed by atoms with E-state index in [0.717, 1.165) is 5.56 Å². The summed E-state index contributed by atoms with van der Waals surface area (Å²) in [5.41, 5.74) is 1.70. The SMILES string of the molecule is CC(NC(C)c1ccc(C#N)cc1)C(=O)N(C)C. The van der Waals surface area contributed by atoms with E-state index in [0.29, 0.717) is 5.56 Å². The molecular formula is C14H19N3O. The van der Waals surface area contributed by atoms with Crippen LogP contribution < -0.4 is 5.32 Å². The molecule has 0 bridgehead atoms. The van der Waals surface area contributed by atoms with Gasteiger partial charge in [-0.1, -0.05) is 12.1 Å². The second-order valence-corrected chi connectivity index (χ2v) is 4.58. The van der Waals surface area contributed by atoms with Gasteiger partial charge in [0.15, 0.2) is 0 Å². The summed E-state index contributed by atoms with van der Waals surface area (Å²) in [7, 11) is 3.49. The first-order valence-corrected chi connectivity index (χ1v) is 5.93. The van der Waals surface area contributed by atoms with Gasteiger partial charge < -0.3 is 4.90 Å². The second kappa shape index (κ2) is 6.18. The minimum atomic E-state index is -0.231. The lowest BCUT2D eigenvalue weighted by molar-refractivity contribution is -0.130. The molecule has 0 aliphatic heterocycles. The molecule has 0 aliphatic carbocycles. The van der Waals surface area contributed by atoms with E-state index in [9.17, 15) is 4.79 Å². The van der Waals surface area contributed by atoms with Crippen LogP contribution in [0.3, 0.4) is 0 Å². The number of rotatable bonds is 4. The van der Waals surface area contributed by atoms with Gasteiger partial charge in [-0.2, -0.15) is 5.26 Å². The van der Waals surface area contributed by atoms with Crippen LogP contribution in [0.2, 0.25) is 0 Å². The molecule has 0 aromatic heterocycles. The van der Waals surface area contributed by atoms with Gasteiger partial charge in [-0.3, -0.25) is 10.1 Å². The summed E-state index contributed by atoms with van der Waals surface area (Å²) < 4.78 is 0. The van der Waals surface area contributed by atoms with Crippen molar-refractivity contribution in [2.75, 3.05) is 14.1 Å². The van der Waals surface area contributed by atoms with E-state index in [1.807, 2.05) is 26.0 Å². The Hall–Kier alpha value is -1.86. The van der Waals surface area contributed by atoms with Crippen LogP contribution in [-0.4, -0.2) is 30.9 Å². The Morgan fingerprint density at radius 1 is 1.28 bits per heavy atom. The fourth-order valence-corrected chi connectivity index (χ4v) is 1.78. The normalized spacial score (nSPS) is 13.5. The first-order chi connectivity index (χ1) is 8.45. The van der Waals surface area contributed by atoms with Crippen molar-refractivity contribution in [2.45, 2.75) is 25.9 Å². The van der Waals surface area contributed by atoms with Crippen LogP contribution in [0, 0.1) is 11.3 Å². The molecule has 2 unspecified atom stereocenters. The molecule has 0 fully saturated rings. The third-order valence-corrected chi connectivity index (χ3v) is 2.85. The standard InChI is InChI=1S/C14H19N3O/c1-10(16-11(2)14(18)17(3)4)13-7-5-12(9-15)6-8-13/h5-8,10-11,16H,1-4H3. The molecule has 4 nitrogen and oxygen atoms in total. The predicted molar refractivity (Wildman–Crippen MR) is 70.9 cm³/mol. The van der Waals surface area contributed by atoms with Crippen LogP contribution >= 0.6 is 0 Å². The minimum absolute atomic E-state index is 0.0514. The van der Waals surface area contributed by atoms with Crippen LogP contribution in [0.5, 0.6) is 0 Å². The van der Waals surface area contributed by atoms with Crippen molar-refractivity contribution in [3.05, 3.63) is 35.4 Å². The smallest absolute Gasteiger partial charge is 0.238 e. The third kappa shape index (κ3) is 3.57. The van der Waals surface area contributed by atoms with Crippen molar-refractivity contribution < 1.29 is 4.79 Å². The molecule has 1 aromatic carbocycles. The van der Waals surface area contributed by atoms with Crippen molar-refractivity contribution in [2.24, 2.45) is 0 Å². The Morgan fingerprint density at radius 3 is 2.28 bits per heavy atom. The number of benzene rings is 1. The van der Waals surface area contributed by atoms with Gasteiger partial charge in [-0.15, -0.1) is 0 Å². The maximum atomic E-state index is 11.7. The first-order valence-electron chi connectivity index (χ1n) is 5.93. The molecule has 0 aliphatic rings. The summed E-state index contributed by atoms with van der Waals surface area (Å²) in [6, 6.07) is 9.30. The first kappa shape index (κ1) is 14.2. The minimum Gasteiger partial charge on any atom is -0.347 e. The highest BCUT2D eigenvalue weighted by Gasteiger charge is 2.17. The van der Waals surface area contributed by atoms with E-state index in [1.54, 1.807) is 31.1 Å². The molecule has 96 valence electrons. The number of carbonyl (C=O) groups excluding carboxylic acids is 1. The number of hydrogen-bond acceptors (Lipinski definition) is 3. The molecule has 0 saturated carbocycles. The second-order valence-electron chi connectivity index (χ2n) is 4.58. The van der Waals surface area contributed by atoms with E-state index in [4.69, 9.17) is 5.26 Å². The van der Waals surface area contributed by atoms with Crippen molar-refractivity contribution in [1.82, 2.24) is 10.2 Å². The molecule has 1 aromatic rings. The lowest BCUT2D eigenvalue weighted by Gasteiger charge is -2.22. The van der Waals surface area contributed by atoms with Crippen LogP contribution in [0.15, 0.2) is 24.3 Å². The number of nitrogens with zero attached hydrogens (tertiary/aromatic N) is 2. The molecule has 1 rings (SSSR count). The monoisotopic (exact) mass is 245 g/mol. The third-order valence-electron chi connectivity index (χ3n) is 2.85. The van der Waals surface area contributed by atoms with Gasteiger partial charge in [0.05, 0.1) is 17.7 Å². The maximum absolute atomic E-state index is 11.7.